The van der Waals surface area contributed by atoms with Crippen molar-refractivity contribution in [3.8, 4) is 0 Å². The lowest BCUT2D eigenvalue weighted by Gasteiger charge is -2.03. The summed E-state index contributed by atoms with van der Waals surface area (Å²) >= 11 is 4.09. The molecule has 0 bridgehead atoms. The van der Waals surface area contributed by atoms with Crippen LogP contribution in [0.1, 0.15) is 0 Å². The molecule has 8 heteroatoms. The maximum atomic E-state index is 10.1. The highest BCUT2D eigenvalue weighted by Gasteiger charge is 2.21. The van der Waals surface area contributed by atoms with Crippen molar-refractivity contribution in [2.75, 3.05) is 0 Å². The maximum Gasteiger partial charge on any atom is 0.383 e. The van der Waals surface area contributed by atoms with Crippen LogP contribution in [0.25, 0.3) is 0 Å². The first-order valence-electron chi connectivity index (χ1n) is 2.00. The van der Waals surface area contributed by atoms with E-state index in [-0.39, 0.29) is 0 Å². The predicted octanol–water partition coefficient (Wildman–Crippen LogP) is -0.883. The standard InChI is InChI=1S/C2H5N2O4PS/c3-1(5)4-2(10)9(6,7)8/h(H2,6,7,8)(H3,3,4,5,10). The molecule has 0 aromatic heterocycles. The predicted molar refractivity (Wildman–Crippen MR) is 37.4 cm³/mol. The Labute approximate surface area is 61.6 Å². The molecular weight excluding hydrogens is 179 g/mol. The number of nitrogens with two attached hydrogens (primary N) is 1. The monoisotopic (exact) mass is 184 g/mol. The number of hydrogen-bond acceptors (Lipinski definition) is 3. The molecule has 0 saturated carbocycles. The molecule has 0 aliphatic heterocycles. The minimum Gasteiger partial charge on any atom is -0.351 e. The minimum atomic E-state index is -4.49. The van der Waals surface area contributed by atoms with Crippen LogP contribution >= 0.6 is 19.8 Å². The smallest absolute Gasteiger partial charge is 0.351 e. The third-order valence-electron chi connectivity index (χ3n) is 0.495. The fourth-order valence-electron chi connectivity index (χ4n) is 0.178. The fourth-order valence-corrected chi connectivity index (χ4v) is 0.535. The van der Waals surface area contributed by atoms with Crippen molar-refractivity contribution in [1.82, 2.24) is 5.32 Å². The van der Waals surface area contributed by atoms with Gasteiger partial charge in [0.2, 0.25) is 0 Å². The van der Waals surface area contributed by atoms with Gasteiger partial charge in [-0.1, -0.05) is 12.2 Å². The van der Waals surface area contributed by atoms with E-state index in [0.29, 0.717) is 0 Å². The quantitative estimate of drug-likeness (QED) is 0.312. The second-order valence-corrected chi connectivity index (χ2v) is 3.58. The Bertz CT molecular complexity index is 209. The molecule has 0 aliphatic rings. The summed E-state index contributed by atoms with van der Waals surface area (Å²) in [5.74, 6) is 0. The molecule has 0 radical (unpaired) electrons. The summed E-state index contributed by atoms with van der Waals surface area (Å²) in [7, 11) is -4.49. The van der Waals surface area contributed by atoms with Gasteiger partial charge in [-0.05, 0) is 0 Å². The van der Waals surface area contributed by atoms with Crippen LogP contribution in [0.5, 0.6) is 0 Å². The van der Waals surface area contributed by atoms with E-state index in [1.165, 1.54) is 0 Å². The van der Waals surface area contributed by atoms with Gasteiger partial charge in [0.15, 0.2) is 4.73 Å². The van der Waals surface area contributed by atoms with Crippen LogP contribution < -0.4 is 11.1 Å². The molecule has 5 N–H and O–H groups in total. The van der Waals surface area contributed by atoms with Gasteiger partial charge in [0.1, 0.15) is 0 Å². The second kappa shape index (κ2) is 3.07. The van der Waals surface area contributed by atoms with Crippen LogP contribution in [-0.2, 0) is 4.57 Å². The summed E-state index contributed by atoms with van der Waals surface area (Å²) in [6.45, 7) is 0. The molecule has 0 atom stereocenters. The molecule has 0 unspecified atom stereocenters. The first kappa shape index (κ1) is 9.51. The number of amides is 2. The van der Waals surface area contributed by atoms with Crippen molar-refractivity contribution in [3.05, 3.63) is 0 Å². The van der Waals surface area contributed by atoms with Gasteiger partial charge in [0.25, 0.3) is 0 Å². The van der Waals surface area contributed by atoms with Gasteiger partial charge in [-0.2, -0.15) is 0 Å². The zero-order valence-electron chi connectivity index (χ0n) is 4.64. The summed E-state index contributed by atoms with van der Waals surface area (Å²) in [5, 5.41) is 1.59. The zero-order chi connectivity index (χ0) is 8.36. The lowest BCUT2D eigenvalue weighted by Crippen LogP contribution is -2.33. The summed E-state index contributed by atoms with van der Waals surface area (Å²) in [5.41, 5.74) is 4.51. The molecule has 0 rings (SSSR count). The van der Waals surface area contributed by atoms with Gasteiger partial charge in [-0.3, -0.25) is 9.88 Å². The van der Waals surface area contributed by atoms with Crippen molar-refractivity contribution in [2.24, 2.45) is 5.73 Å². The first-order chi connectivity index (χ1) is 4.34. The highest BCUT2D eigenvalue weighted by molar-refractivity contribution is 7.97. The topological polar surface area (TPSA) is 113 Å². The average Bonchev–Trinajstić information content (AvgIpc) is 1.60. The largest absolute Gasteiger partial charge is 0.383 e. The van der Waals surface area contributed by atoms with E-state index in [9.17, 15) is 9.36 Å². The summed E-state index contributed by atoms with van der Waals surface area (Å²) in [4.78, 5) is 26.4. The van der Waals surface area contributed by atoms with Crippen molar-refractivity contribution in [1.29, 1.82) is 0 Å². The fraction of sp³-hybridized carbons (Fsp3) is 0. The highest BCUT2D eigenvalue weighted by Crippen LogP contribution is 2.34. The van der Waals surface area contributed by atoms with Crippen LogP contribution in [0.4, 0.5) is 4.79 Å². The summed E-state index contributed by atoms with van der Waals surface area (Å²) < 4.78 is 9.29. The Morgan fingerprint density at radius 1 is 1.60 bits per heavy atom. The first-order valence-corrected chi connectivity index (χ1v) is 4.02. The maximum absolute atomic E-state index is 10.1. The van der Waals surface area contributed by atoms with Crippen LogP contribution in [0.2, 0.25) is 0 Å². The van der Waals surface area contributed by atoms with Crippen LogP contribution in [-0.4, -0.2) is 20.5 Å². The average molecular weight is 184 g/mol. The molecule has 0 saturated heterocycles. The molecule has 58 valence electrons. The molecule has 6 nitrogen and oxygen atoms in total. The van der Waals surface area contributed by atoms with Crippen LogP contribution in [0.15, 0.2) is 0 Å². The van der Waals surface area contributed by atoms with Gasteiger partial charge < -0.3 is 15.5 Å². The van der Waals surface area contributed by atoms with Gasteiger partial charge >= 0.3 is 13.6 Å². The molecule has 0 aromatic carbocycles. The second-order valence-electron chi connectivity index (χ2n) is 1.34. The highest BCUT2D eigenvalue weighted by atomic mass is 32.1. The molecule has 0 aromatic rings. The number of rotatable bonds is 1. The molecule has 0 aliphatic carbocycles. The van der Waals surface area contributed by atoms with E-state index >= 15 is 0 Å². The van der Waals surface area contributed by atoms with Crippen molar-refractivity contribution in [3.63, 3.8) is 0 Å². The number of carbonyl (C=O) groups is 1. The molecule has 0 heterocycles. The summed E-state index contributed by atoms with van der Waals surface area (Å²) in [6, 6.07) is -1.09. The molecule has 0 spiro atoms. The number of primary amides is 1. The van der Waals surface area contributed by atoms with Crippen molar-refractivity contribution >= 4 is 30.6 Å². The Morgan fingerprint density at radius 2 is 2.00 bits per heavy atom. The molecular formula is C2H5N2O4PS. The van der Waals surface area contributed by atoms with E-state index in [0.717, 1.165) is 0 Å². The van der Waals surface area contributed by atoms with E-state index in [1.807, 2.05) is 0 Å². The number of nitrogens with one attached hydrogen (secondary N) is 1. The number of thiocarbonyl (C=S) groups is 1. The lowest BCUT2D eigenvalue weighted by molar-refractivity contribution is 0.253. The molecule has 0 fully saturated rings. The van der Waals surface area contributed by atoms with Gasteiger partial charge in [0, 0.05) is 0 Å². The van der Waals surface area contributed by atoms with E-state index in [4.69, 9.17) is 9.79 Å². The number of urea groups is 1. The van der Waals surface area contributed by atoms with E-state index in [1.54, 1.807) is 5.32 Å². The van der Waals surface area contributed by atoms with Crippen molar-refractivity contribution < 1.29 is 19.1 Å². The van der Waals surface area contributed by atoms with Crippen LogP contribution in [0, 0.1) is 0 Å². The molecule has 2 amide bonds. The normalized spacial score (nSPS) is 10.6. The Morgan fingerprint density at radius 3 is 2.10 bits per heavy atom. The Hall–Kier alpha value is -0.490. The molecule has 10 heavy (non-hydrogen) atoms. The SMILES string of the molecule is NC(=O)NC(=S)P(=O)(O)O. The van der Waals surface area contributed by atoms with Gasteiger partial charge in [0.05, 0.1) is 0 Å². The van der Waals surface area contributed by atoms with E-state index in [2.05, 4.69) is 18.0 Å². The number of carbonyl (C=O) groups excluding carboxylic acids is 1. The zero-order valence-corrected chi connectivity index (χ0v) is 6.35. The van der Waals surface area contributed by atoms with Crippen LogP contribution in [0.3, 0.4) is 0 Å². The number of hydrogen-bond donors (Lipinski definition) is 4. The minimum absolute atomic E-state index is 0.861. The van der Waals surface area contributed by atoms with E-state index < -0.39 is 18.4 Å². The Kier molecular flexibility index (Phi) is 2.92. The van der Waals surface area contributed by atoms with Gasteiger partial charge in [-0.25, -0.2) is 4.79 Å². The van der Waals surface area contributed by atoms with Crippen molar-refractivity contribution in [2.45, 2.75) is 0 Å². The lowest BCUT2D eigenvalue weighted by atomic mass is 11.0. The third-order valence-corrected chi connectivity index (χ3v) is 1.95. The van der Waals surface area contributed by atoms with Gasteiger partial charge in [-0.15, -0.1) is 0 Å². The Balaban J connectivity index is 4.13. The summed E-state index contributed by atoms with van der Waals surface area (Å²) in [6.07, 6.45) is 0. The third kappa shape index (κ3) is 3.52.